The molecule has 3 aromatic rings. The summed E-state index contributed by atoms with van der Waals surface area (Å²) in [4.78, 5) is 11.8. The number of nitrogens with zero attached hydrogens (tertiary/aromatic N) is 3. The molecule has 4 rings (SSSR count). The highest BCUT2D eigenvalue weighted by atomic mass is 15.2. The number of rotatable bonds is 2. The van der Waals surface area contributed by atoms with Crippen molar-refractivity contribution in [2.75, 3.05) is 11.9 Å². The van der Waals surface area contributed by atoms with Gasteiger partial charge in [0, 0.05) is 12.6 Å². The maximum Gasteiger partial charge on any atom is 0.160 e. The zero-order valence-electron chi connectivity index (χ0n) is 13.4. The topological polar surface area (TPSA) is 28.0 Å². The Balaban J connectivity index is 1.89. The van der Waals surface area contributed by atoms with Crippen molar-refractivity contribution in [1.29, 1.82) is 0 Å². The minimum absolute atomic E-state index is 0.867. The molecule has 0 spiro atoms. The van der Waals surface area contributed by atoms with Gasteiger partial charge in [0.15, 0.2) is 5.84 Å². The third-order valence-corrected chi connectivity index (χ3v) is 4.04. The van der Waals surface area contributed by atoms with E-state index in [1.54, 1.807) is 0 Å². The molecule has 0 unspecified atom stereocenters. The minimum Gasteiger partial charge on any atom is -0.327 e. The van der Waals surface area contributed by atoms with E-state index >= 15 is 0 Å². The Kier molecular flexibility index (Phi) is 3.67. The molecular formula is C21H17N3. The Morgan fingerprint density at radius 2 is 1.17 bits per heavy atom. The van der Waals surface area contributed by atoms with Crippen LogP contribution >= 0.6 is 0 Å². The molecule has 3 nitrogen and oxygen atoms in total. The van der Waals surface area contributed by atoms with Gasteiger partial charge >= 0.3 is 0 Å². The number of amidine groups is 1. The van der Waals surface area contributed by atoms with Crippen molar-refractivity contribution in [2.24, 2.45) is 9.98 Å². The van der Waals surface area contributed by atoms with Crippen LogP contribution in [0.1, 0.15) is 5.56 Å². The SMILES string of the molecule is CN1C(=Nc2ccccc2)C(=Nc2ccccc2)c2ccccc21. The first kappa shape index (κ1) is 14.4. The van der Waals surface area contributed by atoms with Crippen molar-refractivity contribution < 1.29 is 0 Å². The van der Waals surface area contributed by atoms with E-state index in [4.69, 9.17) is 9.98 Å². The van der Waals surface area contributed by atoms with Gasteiger partial charge in [0.05, 0.1) is 17.1 Å². The number of aliphatic imine (C=N–C) groups is 2. The molecular weight excluding hydrogens is 294 g/mol. The molecule has 0 atom stereocenters. The molecule has 24 heavy (non-hydrogen) atoms. The second kappa shape index (κ2) is 6.13. The fourth-order valence-corrected chi connectivity index (χ4v) is 2.85. The maximum atomic E-state index is 4.87. The standard InChI is InChI=1S/C21H17N3/c1-24-19-15-9-8-14-18(19)20(22-16-10-4-2-5-11-16)21(24)23-17-12-6-3-7-13-17/h2-15H,1H3. The van der Waals surface area contributed by atoms with Crippen LogP contribution in [0.4, 0.5) is 17.1 Å². The molecule has 0 N–H and O–H groups in total. The third kappa shape index (κ3) is 2.61. The Labute approximate surface area is 141 Å². The maximum absolute atomic E-state index is 4.87. The van der Waals surface area contributed by atoms with E-state index in [9.17, 15) is 0 Å². The van der Waals surface area contributed by atoms with E-state index in [0.717, 1.165) is 34.2 Å². The predicted octanol–water partition coefficient (Wildman–Crippen LogP) is 4.99. The second-order valence-corrected chi connectivity index (χ2v) is 5.64. The molecule has 0 amide bonds. The van der Waals surface area contributed by atoms with Gasteiger partial charge in [-0.2, -0.15) is 0 Å². The summed E-state index contributed by atoms with van der Waals surface area (Å²) in [6.07, 6.45) is 0. The highest BCUT2D eigenvalue weighted by Crippen LogP contribution is 2.31. The van der Waals surface area contributed by atoms with Gasteiger partial charge in [0.2, 0.25) is 0 Å². The summed E-state index contributed by atoms with van der Waals surface area (Å²) in [7, 11) is 2.04. The van der Waals surface area contributed by atoms with Crippen LogP contribution < -0.4 is 4.90 Å². The molecule has 3 aromatic carbocycles. The first-order valence-electron chi connectivity index (χ1n) is 7.94. The number of para-hydroxylation sites is 3. The fraction of sp³-hybridized carbons (Fsp3) is 0.0476. The van der Waals surface area contributed by atoms with Crippen molar-refractivity contribution in [3.05, 3.63) is 90.5 Å². The smallest absolute Gasteiger partial charge is 0.160 e. The molecule has 0 bridgehead atoms. The van der Waals surface area contributed by atoms with Gasteiger partial charge in [-0.15, -0.1) is 0 Å². The van der Waals surface area contributed by atoms with Gasteiger partial charge in [-0.05, 0) is 30.3 Å². The lowest BCUT2D eigenvalue weighted by molar-refractivity contribution is 1.29. The van der Waals surface area contributed by atoms with Crippen LogP contribution in [0.5, 0.6) is 0 Å². The average molecular weight is 311 g/mol. The summed E-state index contributed by atoms with van der Waals surface area (Å²) in [5.41, 5.74) is 5.00. The number of anilines is 1. The predicted molar refractivity (Wildman–Crippen MR) is 101 cm³/mol. The molecule has 0 radical (unpaired) electrons. The first-order chi connectivity index (χ1) is 11.8. The van der Waals surface area contributed by atoms with Gasteiger partial charge in [-0.25, -0.2) is 9.98 Å². The minimum atomic E-state index is 0.867. The summed E-state index contributed by atoms with van der Waals surface area (Å²) in [5, 5.41) is 0. The van der Waals surface area contributed by atoms with Crippen LogP contribution in [0.3, 0.4) is 0 Å². The monoisotopic (exact) mass is 311 g/mol. The van der Waals surface area contributed by atoms with Crippen LogP contribution in [-0.4, -0.2) is 18.6 Å². The lowest BCUT2D eigenvalue weighted by Gasteiger charge is -2.13. The number of benzene rings is 3. The molecule has 0 fully saturated rings. The molecule has 0 aliphatic carbocycles. The van der Waals surface area contributed by atoms with Crippen molar-refractivity contribution in [3.63, 3.8) is 0 Å². The summed E-state index contributed by atoms with van der Waals surface area (Å²) < 4.78 is 0. The van der Waals surface area contributed by atoms with Crippen molar-refractivity contribution >= 4 is 28.6 Å². The highest BCUT2D eigenvalue weighted by molar-refractivity contribution is 6.56. The van der Waals surface area contributed by atoms with Gasteiger partial charge in [0.25, 0.3) is 0 Å². The van der Waals surface area contributed by atoms with E-state index in [-0.39, 0.29) is 0 Å². The molecule has 1 aliphatic heterocycles. The van der Waals surface area contributed by atoms with E-state index in [1.165, 1.54) is 0 Å². The Hall–Kier alpha value is -3.20. The van der Waals surface area contributed by atoms with Gasteiger partial charge in [-0.3, -0.25) is 0 Å². The first-order valence-corrected chi connectivity index (χ1v) is 7.94. The van der Waals surface area contributed by atoms with Crippen molar-refractivity contribution in [2.45, 2.75) is 0 Å². The summed E-state index contributed by atoms with van der Waals surface area (Å²) >= 11 is 0. The number of hydrogen-bond donors (Lipinski definition) is 0. The Morgan fingerprint density at radius 1 is 0.625 bits per heavy atom. The third-order valence-electron chi connectivity index (χ3n) is 4.04. The lowest BCUT2D eigenvalue weighted by Crippen LogP contribution is -2.25. The number of likely N-dealkylation sites (N-methyl/N-ethyl adjacent to an activating group) is 1. The van der Waals surface area contributed by atoms with Gasteiger partial charge < -0.3 is 4.90 Å². The van der Waals surface area contributed by atoms with Crippen LogP contribution in [0, 0.1) is 0 Å². The van der Waals surface area contributed by atoms with E-state index in [1.807, 2.05) is 79.8 Å². The van der Waals surface area contributed by atoms with Crippen LogP contribution in [0.25, 0.3) is 0 Å². The average Bonchev–Trinajstić information content (AvgIpc) is 2.90. The lowest BCUT2D eigenvalue weighted by atomic mass is 10.1. The van der Waals surface area contributed by atoms with Gasteiger partial charge in [-0.1, -0.05) is 54.6 Å². The zero-order valence-corrected chi connectivity index (χ0v) is 13.4. The number of fused-ring (bicyclic) bond motifs is 1. The van der Waals surface area contributed by atoms with E-state index < -0.39 is 0 Å². The normalized spacial score (nSPS) is 16.6. The quantitative estimate of drug-likeness (QED) is 0.655. The molecule has 1 heterocycles. The van der Waals surface area contributed by atoms with Crippen LogP contribution in [-0.2, 0) is 0 Å². The van der Waals surface area contributed by atoms with E-state index in [0.29, 0.717) is 0 Å². The van der Waals surface area contributed by atoms with Crippen LogP contribution in [0.15, 0.2) is 94.9 Å². The van der Waals surface area contributed by atoms with E-state index in [2.05, 4.69) is 17.0 Å². The molecule has 0 aromatic heterocycles. The molecule has 0 saturated carbocycles. The molecule has 3 heteroatoms. The summed E-state index contributed by atoms with van der Waals surface area (Å²) in [6, 6.07) is 28.3. The number of hydrogen-bond acceptors (Lipinski definition) is 2. The fourth-order valence-electron chi connectivity index (χ4n) is 2.85. The highest BCUT2D eigenvalue weighted by Gasteiger charge is 2.29. The summed E-state index contributed by atoms with van der Waals surface area (Å²) in [5.74, 6) is 0.867. The molecule has 1 aliphatic rings. The molecule has 116 valence electrons. The van der Waals surface area contributed by atoms with Crippen LogP contribution in [0.2, 0.25) is 0 Å². The molecule has 0 saturated heterocycles. The Morgan fingerprint density at radius 3 is 1.83 bits per heavy atom. The largest absolute Gasteiger partial charge is 0.327 e. The second-order valence-electron chi connectivity index (χ2n) is 5.64. The van der Waals surface area contributed by atoms with Gasteiger partial charge in [0.1, 0.15) is 5.71 Å². The van der Waals surface area contributed by atoms with Crippen molar-refractivity contribution in [1.82, 2.24) is 0 Å². The Bertz CT molecular complexity index is 912. The summed E-state index contributed by atoms with van der Waals surface area (Å²) in [6.45, 7) is 0. The van der Waals surface area contributed by atoms with Crippen molar-refractivity contribution in [3.8, 4) is 0 Å². The zero-order chi connectivity index (χ0) is 16.4.